The number of fused-ring (bicyclic) bond motifs is 2. The van der Waals surface area contributed by atoms with Gasteiger partial charge < -0.3 is 10.0 Å². The van der Waals surface area contributed by atoms with E-state index in [4.69, 9.17) is 0 Å². The van der Waals surface area contributed by atoms with E-state index in [-0.39, 0.29) is 17.5 Å². The Hall–Kier alpha value is -2.67. The molecule has 1 amide bonds. The van der Waals surface area contributed by atoms with Gasteiger partial charge in [0.2, 0.25) is 5.91 Å². The van der Waals surface area contributed by atoms with Gasteiger partial charge >= 0.3 is 5.97 Å². The molecule has 5 rings (SSSR count). The van der Waals surface area contributed by atoms with Gasteiger partial charge in [-0.15, -0.1) is 0 Å². The van der Waals surface area contributed by atoms with Gasteiger partial charge in [0.15, 0.2) is 5.69 Å². The molecule has 1 saturated heterocycles. The Morgan fingerprint density at radius 2 is 1.90 bits per heavy atom. The lowest BCUT2D eigenvalue weighted by Gasteiger charge is -2.41. The molecule has 1 aliphatic heterocycles. The lowest BCUT2D eigenvalue weighted by atomic mass is 9.86. The minimum absolute atomic E-state index is 0.0411. The summed E-state index contributed by atoms with van der Waals surface area (Å²) in [6.07, 6.45) is 5.53. The predicted octanol–water partition coefficient (Wildman–Crippen LogP) is 2.75. The number of aromatic nitrogens is 2. The first-order valence-electron chi connectivity index (χ1n) is 11.0. The highest BCUT2D eigenvalue weighted by Gasteiger charge is 2.35. The molecule has 2 aromatic rings. The fourth-order valence-electron chi connectivity index (χ4n) is 5.58. The van der Waals surface area contributed by atoms with Crippen molar-refractivity contribution in [1.29, 1.82) is 0 Å². The van der Waals surface area contributed by atoms with E-state index in [1.54, 1.807) is 0 Å². The molecule has 3 aliphatic rings. The van der Waals surface area contributed by atoms with E-state index in [1.165, 1.54) is 30.4 Å². The van der Waals surface area contributed by atoms with Gasteiger partial charge in [-0.2, -0.15) is 5.10 Å². The number of rotatable bonds is 4. The molecule has 1 fully saturated rings. The Kier molecular flexibility index (Phi) is 5.06. The number of nitrogens with one attached hydrogen (secondary N) is 1. The molecular weight excluding hydrogens is 380 g/mol. The van der Waals surface area contributed by atoms with Gasteiger partial charge in [-0.25, -0.2) is 4.79 Å². The number of piperazine rings is 1. The Labute approximate surface area is 176 Å². The van der Waals surface area contributed by atoms with Crippen LogP contribution in [-0.2, 0) is 17.6 Å². The van der Waals surface area contributed by atoms with Gasteiger partial charge in [0.1, 0.15) is 0 Å². The Bertz CT molecular complexity index is 961. The first-order chi connectivity index (χ1) is 14.6. The minimum atomic E-state index is -1.02. The molecule has 158 valence electrons. The van der Waals surface area contributed by atoms with Gasteiger partial charge in [0, 0.05) is 49.9 Å². The third kappa shape index (κ3) is 3.41. The zero-order chi connectivity index (χ0) is 20.7. The molecule has 2 heterocycles. The summed E-state index contributed by atoms with van der Waals surface area (Å²) in [4.78, 5) is 28.9. The number of carbonyl (C=O) groups is 2. The summed E-state index contributed by atoms with van der Waals surface area (Å²) < 4.78 is 0. The van der Waals surface area contributed by atoms with Crippen molar-refractivity contribution in [2.75, 3.05) is 26.2 Å². The number of aromatic carboxylic acids is 1. The number of carboxylic acid groups (broad SMARTS) is 1. The van der Waals surface area contributed by atoms with E-state index < -0.39 is 5.97 Å². The maximum Gasteiger partial charge on any atom is 0.356 e. The van der Waals surface area contributed by atoms with E-state index in [9.17, 15) is 14.7 Å². The smallest absolute Gasteiger partial charge is 0.356 e. The fourth-order valence-corrected chi connectivity index (χ4v) is 5.58. The van der Waals surface area contributed by atoms with E-state index >= 15 is 0 Å². The Morgan fingerprint density at radius 3 is 2.70 bits per heavy atom. The SMILES string of the molecule is O=C(O)c1n[nH]c2c1C(CC(=O)N1CCN(C3CCCc4ccccc43)CC1)CC2. The minimum Gasteiger partial charge on any atom is -0.476 e. The predicted molar refractivity (Wildman–Crippen MR) is 112 cm³/mol. The summed E-state index contributed by atoms with van der Waals surface area (Å²) in [6, 6.07) is 9.24. The summed E-state index contributed by atoms with van der Waals surface area (Å²) in [7, 11) is 0. The normalized spacial score (nSPS) is 23.8. The van der Waals surface area contributed by atoms with Crippen LogP contribution in [0, 0.1) is 0 Å². The molecule has 30 heavy (non-hydrogen) atoms. The number of H-pyrrole nitrogens is 1. The molecule has 0 radical (unpaired) electrons. The Morgan fingerprint density at radius 1 is 1.10 bits per heavy atom. The molecule has 7 nitrogen and oxygen atoms in total. The number of nitrogens with zero attached hydrogens (tertiary/aromatic N) is 3. The number of aromatic amines is 1. The van der Waals surface area contributed by atoms with Crippen molar-refractivity contribution in [3.05, 3.63) is 52.3 Å². The van der Waals surface area contributed by atoms with Crippen LogP contribution >= 0.6 is 0 Å². The van der Waals surface area contributed by atoms with Crippen LogP contribution in [0.25, 0.3) is 0 Å². The van der Waals surface area contributed by atoms with Crippen LogP contribution < -0.4 is 0 Å². The van der Waals surface area contributed by atoms with Crippen molar-refractivity contribution in [3.8, 4) is 0 Å². The second-order valence-electron chi connectivity index (χ2n) is 8.73. The lowest BCUT2D eigenvalue weighted by molar-refractivity contribution is -0.133. The molecule has 1 aromatic carbocycles. The molecule has 1 aromatic heterocycles. The van der Waals surface area contributed by atoms with Gasteiger partial charge in [-0.05, 0) is 49.1 Å². The quantitative estimate of drug-likeness (QED) is 0.812. The second-order valence-corrected chi connectivity index (χ2v) is 8.73. The van der Waals surface area contributed by atoms with E-state index in [0.29, 0.717) is 12.5 Å². The molecule has 0 saturated carbocycles. The van der Waals surface area contributed by atoms with Crippen LogP contribution in [0.5, 0.6) is 0 Å². The lowest BCUT2D eigenvalue weighted by Crippen LogP contribution is -2.50. The highest BCUT2D eigenvalue weighted by atomic mass is 16.4. The van der Waals surface area contributed by atoms with E-state index in [1.807, 2.05) is 4.90 Å². The zero-order valence-electron chi connectivity index (χ0n) is 17.1. The average molecular weight is 409 g/mol. The third-order valence-corrected chi connectivity index (χ3v) is 7.10. The summed E-state index contributed by atoms with van der Waals surface area (Å²) in [5.74, 6) is -0.928. The molecule has 7 heteroatoms. The number of carbonyl (C=O) groups excluding carboxylic acids is 1. The number of aryl methyl sites for hydroxylation is 2. The molecule has 2 atom stereocenters. The van der Waals surface area contributed by atoms with Crippen LogP contribution in [0.1, 0.15) is 70.5 Å². The topological polar surface area (TPSA) is 89.5 Å². The largest absolute Gasteiger partial charge is 0.476 e. The standard InChI is InChI=1S/C23H28N4O3/c28-20(14-16-8-9-18-21(16)22(23(29)30)25-24-18)27-12-10-26(11-13-27)19-7-3-5-15-4-1-2-6-17(15)19/h1-2,4,6,16,19H,3,5,7-14H2,(H,24,25)(H,29,30). The number of hydrogen-bond donors (Lipinski definition) is 2. The van der Waals surface area contributed by atoms with Crippen LogP contribution in [0.3, 0.4) is 0 Å². The van der Waals surface area contributed by atoms with Gasteiger partial charge in [0.05, 0.1) is 0 Å². The highest BCUT2D eigenvalue weighted by Crippen LogP contribution is 2.38. The van der Waals surface area contributed by atoms with Crippen molar-refractivity contribution < 1.29 is 14.7 Å². The van der Waals surface area contributed by atoms with Gasteiger partial charge in [-0.1, -0.05) is 24.3 Å². The summed E-state index contributed by atoms with van der Waals surface area (Å²) >= 11 is 0. The average Bonchev–Trinajstić information content (AvgIpc) is 3.36. The van der Waals surface area contributed by atoms with E-state index in [2.05, 4.69) is 39.4 Å². The molecule has 2 aliphatic carbocycles. The van der Waals surface area contributed by atoms with Gasteiger partial charge in [-0.3, -0.25) is 14.8 Å². The van der Waals surface area contributed by atoms with Crippen molar-refractivity contribution in [2.45, 2.75) is 50.5 Å². The summed E-state index contributed by atoms with van der Waals surface area (Å²) in [5, 5.41) is 16.1. The summed E-state index contributed by atoms with van der Waals surface area (Å²) in [6.45, 7) is 3.28. The number of benzene rings is 1. The van der Waals surface area contributed by atoms with Crippen LogP contribution in [0.15, 0.2) is 24.3 Å². The number of hydrogen-bond acceptors (Lipinski definition) is 4. The Balaban J connectivity index is 1.21. The van der Waals surface area contributed by atoms with Gasteiger partial charge in [0.25, 0.3) is 0 Å². The van der Waals surface area contributed by atoms with E-state index in [0.717, 1.165) is 50.3 Å². The maximum absolute atomic E-state index is 13.0. The number of carboxylic acids is 1. The van der Waals surface area contributed by atoms with Crippen LogP contribution in [0.2, 0.25) is 0 Å². The summed E-state index contributed by atoms with van der Waals surface area (Å²) in [5.41, 5.74) is 4.64. The second kappa shape index (κ2) is 7.87. The molecule has 0 spiro atoms. The maximum atomic E-state index is 13.0. The third-order valence-electron chi connectivity index (χ3n) is 7.10. The van der Waals surface area contributed by atoms with Crippen LogP contribution in [-0.4, -0.2) is 63.2 Å². The molecular formula is C23H28N4O3. The monoisotopic (exact) mass is 408 g/mol. The van der Waals surface area contributed by atoms with Crippen molar-refractivity contribution in [3.63, 3.8) is 0 Å². The van der Waals surface area contributed by atoms with Crippen molar-refractivity contribution >= 4 is 11.9 Å². The fraction of sp³-hybridized carbons (Fsp3) is 0.522. The first-order valence-corrected chi connectivity index (χ1v) is 11.0. The number of amides is 1. The zero-order valence-corrected chi connectivity index (χ0v) is 17.1. The van der Waals surface area contributed by atoms with Crippen molar-refractivity contribution in [2.24, 2.45) is 0 Å². The molecule has 0 bridgehead atoms. The highest BCUT2D eigenvalue weighted by molar-refractivity contribution is 5.88. The van der Waals surface area contributed by atoms with Crippen LogP contribution in [0.4, 0.5) is 0 Å². The first kappa shape index (κ1) is 19.3. The van der Waals surface area contributed by atoms with Crippen molar-refractivity contribution in [1.82, 2.24) is 20.0 Å². The molecule has 2 unspecified atom stereocenters. The molecule has 2 N–H and O–H groups in total.